The molecular weight excluding hydrogens is 222 g/mol. The van der Waals surface area contributed by atoms with Gasteiger partial charge in [-0.05, 0) is 27.2 Å². The van der Waals surface area contributed by atoms with Crippen LogP contribution in [0, 0.1) is 11.8 Å². The average Bonchev–Trinajstić information content (AvgIpc) is 2.46. The van der Waals surface area contributed by atoms with Crippen LogP contribution in [0.1, 0.15) is 27.2 Å². The van der Waals surface area contributed by atoms with Gasteiger partial charge in [0.05, 0.1) is 12.5 Å². The minimum Gasteiger partial charge on any atom is -0.465 e. The van der Waals surface area contributed by atoms with Crippen molar-refractivity contribution in [3.8, 4) is 0 Å². The van der Waals surface area contributed by atoms with Crippen molar-refractivity contribution in [2.24, 2.45) is 11.8 Å². The van der Waals surface area contributed by atoms with Crippen LogP contribution in [0.5, 0.6) is 0 Å². The maximum absolute atomic E-state index is 11.7. The second-order valence-electron chi connectivity index (χ2n) is 5.71. The maximum Gasteiger partial charge on any atom is 0.410 e. The molecule has 96 valence electrons. The van der Waals surface area contributed by atoms with Crippen molar-refractivity contribution >= 4 is 12.1 Å². The van der Waals surface area contributed by atoms with Gasteiger partial charge in [0.1, 0.15) is 5.60 Å². The van der Waals surface area contributed by atoms with Gasteiger partial charge in [-0.3, -0.25) is 4.79 Å². The number of esters is 1. The zero-order valence-electron chi connectivity index (χ0n) is 10.6. The van der Waals surface area contributed by atoms with Crippen LogP contribution in [0.15, 0.2) is 0 Å². The van der Waals surface area contributed by atoms with Crippen molar-refractivity contribution < 1.29 is 19.1 Å². The molecule has 0 aromatic rings. The van der Waals surface area contributed by atoms with Crippen molar-refractivity contribution in [3.05, 3.63) is 0 Å². The Morgan fingerprint density at radius 3 is 2.53 bits per heavy atom. The van der Waals surface area contributed by atoms with E-state index in [2.05, 4.69) is 0 Å². The molecule has 0 radical (unpaired) electrons. The second kappa shape index (κ2) is 4.20. The predicted molar refractivity (Wildman–Crippen MR) is 60.4 cm³/mol. The molecule has 2 aliphatic rings. The number of cyclic esters (lactones) is 1. The largest absolute Gasteiger partial charge is 0.465 e. The van der Waals surface area contributed by atoms with Crippen molar-refractivity contribution in [1.82, 2.24) is 4.90 Å². The monoisotopic (exact) mass is 241 g/mol. The van der Waals surface area contributed by atoms with Gasteiger partial charge in [-0.1, -0.05) is 0 Å². The molecule has 1 unspecified atom stereocenters. The van der Waals surface area contributed by atoms with E-state index in [-0.39, 0.29) is 23.9 Å². The van der Waals surface area contributed by atoms with Gasteiger partial charge < -0.3 is 14.4 Å². The SMILES string of the molecule is CC(C)(C)OC(=O)N1CC(C2CCOC2=O)C1. The molecule has 0 aromatic heterocycles. The molecule has 0 N–H and O–H groups in total. The van der Waals surface area contributed by atoms with Crippen molar-refractivity contribution in [3.63, 3.8) is 0 Å². The van der Waals surface area contributed by atoms with E-state index in [1.807, 2.05) is 20.8 Å². The second-order valence-corrected chi connectivity index (χ2v) is 5.71. The van der Waals surface area contributed by atoms with Crippen LogP contribution in [0.25, 0.3) is 0 Å². The molecule has 2 saturated heterocycles. The highest BCUT2D eigenvalue weighted by molar-refractivity contribution is 5.75. The molecule has 2 fully saturated rings. The van der Waals surface area contributed by atoms with Crippen molar-refractivity contribution in [1.29, 1.82) is 0 Å². The Morgan fingerprint density at radius 1 is 1.41 bits per heavy atom. The summed E-state index contributed by atoms with van der Waals surface area (Å²) in [6.07, 6.45) is 0.492. The van der Waals surface area contributed by atoms with Crippen LogP contribution in [-0.4, -0.2) is 42.3 Å². The molecule has 0 spiro atoms. The van der Waals surface area contributed by atoms with E-state index < -0.39 is 5.60 Å². The van der Waals surface area contributed by atoms with Crippen molar-refractivity contribution in [2.75, 3.05) is 19.7 Å². The topological polar surface area (TPSA) is 55.8 Å². The lowest BCUT2D eigenvalue weighted by molar-refractivity contribution is -0.144. The number of carbonyl (C=O) groups is 2. The Balaban J connectivity index is 1.79. The van der Waals surface area contributed by atoms with Crippen LogP contribution >= 0.6 is 0 Å². The summed E-state index contributed by atoms with van der Waals surface area (Å²) < 4.78 is 10.2. The Bertz CT molecular complexity index is 328. The van der Waals surface area contributed by atoms with Gasteiger partial charge in [-0.25, -0.2) is 4.79 Å². The molecule has 2 heterocycles. The highest BCUT2D eigenvalue weighted by atomic mass is 16.6. The predicted octanol–water partition coefficient (Wildman–Crippen LogP) is 1.42. The van der Waals surface area contributed by atoms with Gasteiger partial charge in [0.2, 0.25) is 0 Å². The molecule has 0 saturated carbocycles. The Labute approximate surface area is 101 Å². The number of rotatable bonds is 1. The zero-order valence-corrected chi connectivity index (χ0v) is 10.6. The molecular formula is C12H19NO4. The Morgan fingerprint density at radius 2 is 2.06 bits per heavy atom. The minimum atomic E-state index is -0.464. The first-order valence-corrected chi connectivity index (χ1v) is 6.01. The number of hydrogen-bond acceptors (Lipinski definition) is 4. The summed E-state index contributed by atoms with van der Waals surface area (Å²) in [5, 5.41) is 0. The lowest BCUT2D eigenvalue weighted by atomic mass is 9.85. The third-order valence-electron chi connectivity index (χ3n) is 3.11. The van der Waals surface area contributed by atoms with E-state index >= 15 is 0 Å². The third-order valence-corrected chi connectivity index (χ3v) is 3.11. The summed E-state index contributed by atoms with van der Waals surface area (Å²) in [5.41, 5.74) is -0.464. The third kappa shape index (κ3) is 2.70. The smallest absolute Gasteiger partial charge is 0.410 e. The van der Waals surface area contributed by atoms with Crippen LogP contribution < -0.4 is 0 Å². The number of hydrogen-bond donors (Lipinski definition) is 0. The number of amides is 1. The average molecular weight is 241 g/mol. The lowest BCUT2D eigenvalue weighted by Crippen LogP contribution is -2.54. The molecule has 1 atom stereocenters. The normalized spacial score (nSPS) is 25.5. The summed E-state index contributed by atoms with van der Waals surface area (Å²) in [5.74, 6) is 0.116. The molecule has 2 rings (SSSR count). The van der Waals surface area contributed by atoms with Gasteiger partial charge in [0, 0.05) is 19.0 Å². The standard InChI is InChI=1S/C12H19NO4/c1-12(2,3)17-11(15)13-6-8(7-13)9-4-5-16-10(9)14/h8-9H,4-7H2,1-3H3. The van der Waals surface area contributed by atoms with E-state index in [0.717, 1.165) is 6.42 Å². The fraction of sp³-hybridized carbons (Fsp3) is 0.833. The molecule has 5 nitrogen and oxygen atoms in total. The first-order valence-electron chi connectivity index (χ1n) is 6.01. The molecule has 0 bridgehead atoms. The fourth-order valence-electron chi connectivity index (χ4n) is 2.18. The van der Waals surface area contributed by atoms with E-state index in [4.69, 9.17) is 9.47 Å². The van der Waals surface area contributed by atoms with Gasteiger partial charge >= 0.3 is 12.1 Å². The van der Waals surface area contributed by atoms with Gasteiger partial charge in [-0.15, -0.1) is 0 Å². The van der Waals surface area contributed by atoms with E-state index in [0.29, 0.717) is 19.7 Å². The fourth-order valence-corrected chi connectivity index (χ4v) is 2.18. The van der Waals surface area contributed by atoms with Gasteiger partial charge in [0.15, 0.2) is 0 Å². The molecule has 2 aliphatic heterocycles. The number of likely N-dealkylation sites (tertiary alicyclic amines) is 1. The van der Waals surface area contributed by atoms with Gasteiger partial charge in [-0.2, -0.15) is 0 Å². The summed E-state index contributed by atoms with van der Waals surface area (Å²) in [6, 6.07) is 0. The van der Waals surface area contributed by atoms with Gasteiger partial charge in [0.25, 0.3) is 0 Å². The number of ether oxygens (including phenoxy) is 2. The quantitative estimate of drug-likeness (QED) is 0.651. The first kappa shape index (κ1) is 12.2. The highest BCUT2D eigenvalue weighted by Gasteiger charge is 2.43. The van der Waals surface area contributed by atoms with Crippen LogP contribution in [0.3, 0.4) is 0 Å². The minimum absolute atomic E-state index is 0.0197. The van der Waals surface area contributed by atoms with Crippen LogP contribution in [0.2, 0.25) is 0 Å². The van der Waals surface area contributed by atoms with E-state index in [1.165, 1.54) is 0 Å². The number of carbonyl (C=O) groups excluding carboxylic acids is 2. The molecule has 1 amide bonds. The van der Waals surface area contributed by atoms with Crippen molar-refractivity contribution in [2.45, 2.75) is 32.8 Å². The lowest BCUT2D eigenvalue weighted by Gasteiger charge is -2.41. The van der Waals surface area contributed by atoms with Crippen LogP contribution in [0.4, 0.5) is 4.79 Å². The molecule has 17 heavy (non-hydrogen) atoms. The maximum atomic E-state index is 11.7. The zero-order chi connectivity index (χ0) is 12.6. The van der Waals surface area contributed by atoms with E-state index in [1.54, 1.807) is 4.90 Å². The molecule has 0 aromatic carbocycles. The molecule has 5 heteroatoms. The first-order chi connectivity index (χ1) is 7.87. The summed E-state index contributed by atoms with van der Waals surface area (Å²) in [4.78, 5) is 24.7. The number of nitrogens with zero attached hydrogens (tertiary/aromatic N) is 1. The molecule has 0 aliphatic carbocycles. The summed E-state index contributed by atoms with van der Waals surface area (Å²) in [7, 11) is 0. The highest BCUT2D eigenvalue weighted by Crippen LogP contribution is 2.31. The van der Waals surface area contributed by atoms with Crippen LogP contribution in [-0.2, 0) is 14.3 Å². The summed E-state index contributed by atoms with van der Waals surface area (Å²) in [6.45, 7) is 7.26. The summed E-state index contributed by atoms with van der Waals surface area (Å²) >= 11 is 0. The Hall–Kier alpha value is -1.26. The van der Waals surface area contributed by atoms with E-state index in [9.17, 15) is 9.59 Å². The Kier molecular flexibility index (Phi) is 3.02.